The first-order chi connectivity index (χ1) is 8.17. The second kappa shape index (κ2) is 6.55. The number of amides is 2. The van der Waals surface area contributed by atoms with Crippen LogP contribution in [0.4, 0.5) is 0 Å². The molecule has 1 heterocycles. The van der Waals surface area contributed by atoms with Crippen LogP contribution in [-0.2, 0) is 19.1 Å². The van der Waals surface area contributed by atoms with Crippen molar-refractivity contribution in [1.82, 2.24) is 20.2 Å². The van der Waals surface area contributed by atoms with E-state index >= 15 is 0 Å². The third kappa shape index (κ3) is 4.17. The number of ether oxygens (including phenoxy) is 2. The van der Waals surface area contributed by atoms with Crippen molar-refractivity contribution in [3.8, 4) is 0 Å². The lowest BCUT2D eigenvalue weighted by Gasteiger charge is -2.13. The first-order valence-electron chi connectivity index (χ1n) is 4.66. The maximum atomic E-state index is 11.3. The Hall–Kier alpha value is -2.00. The molecule has 0 aliphatic heterocycles. The fraction of sp³-hybridized carbons (Fsp3) is 0.500. The Bertz CT molecular complexity index is 362. The highest BCUT2D eigenvalue weighted by molar-refractivity contribution is 6.38. The summed E-state index contributed by atoms with van der Waals surface area (Å²) in [5, 5.41) is 9.27. The van der Waals surface area contributed by atoms with Crippen LogP contribution in [0.15, 0.2) is 12.7 Å². The van der Waals surface area contributed by atoms with Gasteiger partial charge in [-0.25, -0.2) is 4.68 Å². The van der Waals surface area contributed by atoms with Crippen LogP contribution in [-0.4, -0.2) is 53.7 Å². The number of carbonyl (C=O) groups is 2. The van der Waals surface area contributed by atoms with Crippen molar-refractivity contribution < 1.29 is 19.1 Å². The molecule has 0 fully saturated rings. The summed E-state index contributed by atoms with van der Waals surface area (Å²) in [5.74, 6) is -1.64. The number of methoxy groups -OCH3 is 2. The van der Waals surface area contributed by atoms with Gasteiger partial charge in [0.05, 0.1) is 6.54 Å². The van der Waals surface area contributed by atoms with Crippen molar-refractivity contribution in [2.75, 3.05) is 26.2 Å². The highest BCUT2D eigenvalue weighted by Crippen LogP contribution is 1.87. The molecule has 0 saturated heterocycles. The summed E-state index contributed by atoms with van der Waals surface area (Å²) in [7, 11) is 2.86. The van der Waals surface area contributed by atoms with Gasteiger partial charge in [0.1, 0.15) is 12.7 Å². The van der Waals surface area contributed by atoms with Crippen LogP contribution < -0.4 is 10.7 Å². The molecule has 2 N–H and O–H groups in total. The van der Waals surface area contributed by atoms with E-state index in [-0.39, 0.29) is 6.54 Å². The molecule has 2 amide bonds. The minimum atomic E-state index is -0.837. The average molecular weight is 243 g/mol. The summed E-state index contributed by atoms with van der Waals surface area (Å²) in [4.78, 5) is 22.6. The topological polar surface area (TPSA) is 107 Å². The lowest BCUT2D eigenvalue weighted by Crippen LogP contribution is -2.42. The largest absolute Gasteiger partial charge is 0.354 e. The first kappa shape index (κ1) is 13.1. The van der Waals surface area contributed by atoms with Gasteiger partial charge < -0.3 is 14.8 Å². The van der Waals surface area contributed by atoms with E-state index in [1.807, 2.05) is 0 Å². The monoisotopic (exact) mass is 243 g/mol. The highest BCUT2D eigenvalue weighted by Gasteiger charge is 2.15. The summed E-state index contributed by atoms with van der Waals surface area (Å²) in [6.07, 6.45) is 1.90. The van der Waals surface area contributed by atoms with Gasteiger partial charge in [0.15, 0.2) is 6.29 Å². The Labute approximate surface area is 97.1 Å². The standard InChI is InChI=1S/C8H13N5O4/c1-16-6(17-2)3-9-7(14)8(15)12-13-4-10-11-5-13/h4-6H,3H2,1-2H3,(H,9,14)(H,12,15). The summed E-state index contributed by atoms with van der Waals surface area (Å²) in [5.41, 5.74) is 2.24. The zero-order valence-corrected chi connectivity index (χ0v) is 9.41. The van der Waals surface area contributed by atoms with Crippen molar-refractivity contribution in [3.05, 3.63) is 12.7 Å². The van der Waals surface area contributed by atoms with Crippen molar-refractivity contribution in [2.45, 2.75) is 6.29 Å². The van der Waals surface area contributed by atoms with Crippen molar-refractivity contribution in [2.24, 2.45) is 0 Å². The third-order valence-electron chi connectivity index (χ3n) is 1.81. The fourth-order valence-electron chi connectivity index (χ4n) is 0.946. The SMILES string of the molecule is COC(CNC(=O)C(=O)Nn1cnnc1)OC. The van der Waals surface area contributed by atoms with Gasteiger partial charge in [0.2, 0.25) is 0 Å². The zero-order valence-electron chi connectivity index (χ0n) is 9.41. The molecule has 0 atom stereocenters. The molecule has 0 aliphatic carbocycles. The number of hydrogen-bond acceptors (Lipinski definition) is 6. The van der Waals surface area contributed by atoms with Crippen LogP contribution in [0.5, 0.6) is 0 Å². The number of carbonyl (C=O) groups excluding carboxylic acids is 2. The smallest absolute Gasteiger partial charge is 0.328 e. The normalized spacial score (nSPS) is 10.3. The first-order valence-corrected chi connectivity index (χ1v) is 4.66. The van der Waals surface area contributed by atoms with Gasteiger partial charge in [-0.1, -0.05) is 0 Å². The minimum absolute atomic E-state index is 0.0709. The highest BCUT2D eigenvalue weighted by atomic mass is 16.7. The summed E-state index contributed by atoms with van der Waals surface area (Å²) in [6, 6.07) is 0. The number of aromatic nitrogens is 3. The molecule has 0 radical (unpaired) electrons. The molecule has 0 saturated carbocycles. The van der Waals surface area contributed by atoms with Crippen LogP contribution in [0.2, 0.25) is 0 Å². The van der Waals surface area contributed by atoms with Gasteiger partial charge in [0.25, 0.3) is 0 Å². The Morgan fingerprint density at radius 3 is 2.35 bits per heavy atom. The van der Waals surface area contributed by atoms with E-state index in [1.165, 1.54) is 26.9 Å². The number of hydrogen-bond donors (Lipinski definition) is 2. The molecule has 1 aromatic rings. The van der Waals surface area contributed by atoms with Crippen LogP contribution >= 0.6 is 0 Å². The van der Waals surface area contributed by atoms with Gasteiger partial charge in [-0.15, -0.1) is 10.2 Å². The molecule has 94 valence electrons. The molecule has 9 nitrogen and oxygen atoms in total. The van der Waals surface area contributed by atoms with E-state index < -0.39 is 18.1 Å². The second-order valence-electron chi connectivity index (χ2n) is 2.92. The van der Waals surface area contributed by atoms with Crippen LogP contribution in [0.1, 0.15) is 0 Å². The third-order valence-corrected chi connectivity index (χ3v) is 1.81. The van der Waals surface area contributed by atoms with Crippen molar-refractivity contribution in [1.29, 1.82) is 0 Å². The zero-order chi connectivity index (χ0) is 12.7. The Morgan fingerprint density at radius 2 is 1.82 bits per heavy atom. The Morgan fingerprint density at radius 1 is 1.24 bits per heavy atom. The molecular formula is C8H13N5O4. The van der Waals surface area contributed by atoms with Gasteiger partial charge in [-0.3, -0.25) is 15.0 Å². The van der Waals surface area contributed by atoms with E-state index in [9.17, 15) is 9.59 Å². The molecule has 9 heteroatoms. The van der Waals surface area contributed by atoms with Crippen molar-refractivity contribution in [3.63, 3.8) is 0 Å². The lowest BCUT2D eigenvalue weighted by molar-refractivity contribution is -0.139. The predicted molar refractivity (Wildman–Crippen MR) is 55.2 cm³/mol. The van der Waals surface area contributed by atoms with E-state index in [4.69, 9.17) is 9.47 Å². The van der Waals surface area contributed by atoms with Gasteiger partial charge in [0, 0.05) is 14.2 Å². The van der Waals surface area contributed by atoms with Crippen LogP contribution in [0, 0.1) is 0 Å². The molecule has 0 aromatic carbocycles. The van der Waals surface area contributed by atoms with Crippen LogP contribution in [0.3, 0.4) is 0 Å². The Kier molecular flexibility index (Phi) is 5.04. The summed E-state index contributed by atoms with van der Waals surface area (Å²) < 4.78 is 10.8. The second-order valence-corrected chi connectivity index (χ2v) is 2.92. The molecule has 17 heavy (non-hydrogen) atoms. The maximum Gasteiger partial charge on any atom is 0.328 e. The molecule has 1 rings (SSSR count). The van der Waals surface area contributed by atoms with E-state index in [0.29, 0.717) is 0 Å². The lowest BCUT2D eigenvalue weighted by atomic mass is 10.5. The fourth-order valence-corrected chi connectivity index (χ4v) is 0.946. The van der Waals surface area contributed by atoms with Gasteiger partial charge in [-0.05, 0) is 0 Å². The quantitative estimate of drug-likeness (QED) is 0.461. The molecule has 0 unspecified atom stereocenters. The molecule has 0 aliphatic rings. The predicted octanol–water partition coefficient (Wildman–Crippen LogP) is -1.92. The van der Waals surface area contributed by atoms with Gasteiger partial charge in [-0.2, -0.15) is 0 Å². The number of nitrogens with one attached hydrogen (secondary N) is 2. The number of nitrogens with zero attached hydrogens (tertiary/aromatic N) is 3. The van der Waals surface area contributed by atoms with E-state index in [2.05, 4.69) is 20.9 Å². The molecule has 0 spiro atoms. The van der Waals surface area contributed by atoms with Gasteiger partial charge >= 0.3 is 11.8 Å². The molecule has 1 aromatic heterocycles. The van der Waals surface area contributed by atoms with E-state index in [0.717, 1.165) is 4.68 Å². The minimum Gasteiger partial charge on any atom is -0.354 e. The average Bonchev–Trinajstić information content (AvgIpc) is 2.82. The van der Waals surface area contributed by atoms with E-state index in [1.54, 1.807) is 0 Å². The Balaban J connectivity index is 2.34. The number of rotatable bonds is 5. The summed E-state index contributed by atoms with van der Waals surface area (Å²) in [6.45, 7) is 0.0709. The summed E-state index contributed by atoms with van der Waals surface area (Å²) >= 11 is 0. The van der Waals surface area contributed by atoms with Crippen molar-refractivity contribution >= 4 is 11.8 Å². The molecular weight excluding hydrogens is 230 g/mol. The van der Waals surface area contributed by atoms with Crippen LogP contribution in [0.25, 0.3) is 0 Å². The molecule has 0 bridgehead atoms. The maximum absolute atomic E-state index is 11.3.